The Labute approximate surface area is 165 Å². The molecular formula is C24H38O3. The molecule has 3 heteroatoms. The summed E-state index contributed by atoms with van der Waals surface area (Å²) in [5, 5.41) is 0. The van der Waals surface area contributed by atoms with Crippen molar-refractivity contribution in [2.24, 2.45) is 0 Å². The molecule has 0 spiro atoms. The summed E-state index contributed by atoms with van der Waals surface area (Å²) >= 11 is 0. The fraction of sp³-hybridized carbons (Fsp3) is 0.667. The standard InChI is InChI=1S/C24H38O3/c1-2-3-4-5-6-7-8-9-12-17-22(25)18-13-10-16-21-24(26)27-23-19-14-11-15-20-23/h11,14-15,19-20H,2-10,12-13,16-18,21H2,1H3. The van der Waals surface area contributed by atoms with Crippen molar-refractivity contribution in [3.63, 3.8) is 0 Å². The van der Waals surface area contributed by atoms with E-state index in [0.29, 0.717) is 24.4 Å². The number of esters is 1. The number of hydrogen-bond acceptors (Lipinski definition) is 3. The summed E-state index contributed by atoms with van der Waals surface area (Å²) in [5.41, 5.74) is 0. The molecule has 3 nitrogen and oxygen atoms in total. The largest absolute Gasteiger partial charge is 0.427 e. The van der Waals surface area contributed by atoms with Crippen LogP contribution in [0, 0.1) is 0 Å². The van der Waals surface area contributed by atoms with Gasteiger partial charge in [0.05, 0.1) is 0 Å². The van der Waals surface area contributed by atoms with E-state index in [1.54, 1.807) is 12.1 Å². The Kier molecular flexibility index (Phi) is 14.3. The first-order chi connectivity index (χ1) is 13.2. The molecule has 0 aliphatic heterocycles. The highest BCUT2D eigenvalue weighted by molar-refractivity contribution is 5.78. The van der Waals surface area contributed by atoms with Gasteiger partial charge in [0.1, 0.15) is 11.5 Å². The Morgan fingerprint density at radius 3 is 1.74 bits per heavy atom. The smallest absolute Gasteiger partial charge is 0.311 e. The van der Waals surface area contributed by atoms with E-state index >= 15 is 0 Å². The van der Waals surface area contributed by atoms with Crippen molar-refractivity contribution in [2.75, 3.05) is 0 Å². The van der Waals surface area contributed by atoms with Crippen LogP contribution in [0.2, 0.25) is 0 Å². The topological polar surface area (TPSA) is 43.4 Å². The fourth-order valence-corrected chi connectivity index (χ4v) is 3.20. The summed E-state index contributed by atoms with van der Waals surface area (Å²) < 4.78 is 5.25. The molecule has 0 heterocycles. The number of benzene rings is 1. The van der Waals surface area contributed by atoms with Crippen LogP contribution in [0.25, 0.3) is 0 Å². The second-order valence-electron chi connectivity index (χ2n) is 7.46. The molecule has 0 fully saturated rings. The summed E-state index contributed by atoms with van der Waals surface area (Å²) in [6, 6.07) is 9.15. The number of unbranched alkanes of at least 4 members (excludes halogenated alkanes) is 10. The van der Waals surface area contributed by atoms with Gasteiger partial charge in [0.2, 0.25) is 0 Å². The van der Waals surface area contributed by atoms with Crippen LogP contribution < -0.4 is 4.74 Å². The van der Waals surface area contributed by atoms with Crippen LogP contribution in [0.4, 0.5) is 0 Å². The number of ether oxygens (including phenoxy) is 1. The maximum atomic E-state index is 11.9. The molecular weight excluding hydrogens is 336 g/mol. The number of Topliss-reactive ketones (excluding diaryl/α,β-unsaturated/α-hetero) is 1. The molecule has 0 saturated carbocycles. The van der Waals surface area contributed by atoms with Crippen molar-refractivity contribution in [2.45, 2.75) is 103 Å². The summed E-state index contributed by atoms with van der Waals surface area (Å²) in [6.07, 6.45) is 16.0. The van der Waals surface area contributed by atoms with Crippen LogP contribution in [0.15, 0.2) is 30.3 Å². The Hall–Kier alpha value is -1.64. The zero-order valence-corrected chi connectivity index (χ0v) is 17.2. The Morgan fingerprint density at radius 1 is 0.667 bits per heavy atom. The molecule has 0 aromatic heterocycles. The van der Waals surface area contributed by atoms with Crippen LogP contribution in [0.5, 0.6) is 5.75 Å². The molecule has 1 rings (SSSR count). The predicted molar refractivity (Wildman–Crippen MR) is 112 cm³/mol. The lowest BCUT2D eigenvalue weighted by molar-refractivity contribution is -0.134. The van der Waals surface area contributed by atoms with Crippen molar-refractivity contribution in [3.8, 4) is 5.75 Å². The molecule has 0 aliphatic carbocycles. The van der Waals surface area contributed by atoms with Crippen molar-refractivity contribution < 1.29 is 14.3 Å². The monoisotopic (exact) mass is 374 g/mol. The summed E-state index contributed by atoms with van der Waals surface area (Å²) in [7, 11) is 0. The molecule has 1 aromatic rings. The lowest BCUT2D eigenvalue weighted by Gasteiger charge is -2.04. The van der Waals surface area contributed by atoms with E-state index in [4.69, 9.17) is 4.74 Å². The Balaban J connectivity index is 1.87. The third kappa shape index (κ3) is 14.1. The van der Waals surface area contributed by atoms with Crippen molar-refractivity contribution in [3.05, 3.63) is 30.3 Å². The highest BCUT2D eigenvalue weighted by atomic mass is 16.5. The fourth-order valence-electron chi connectivity index (χ4n) is 3.20. The summed E-state index contributed by atoms with van der Waals surface area (Å²) in [4.78, 5) is 23.6. The minimum atomic E-state index is -0.192. The van der Waals surface area contributed by atoms with E-state index in [1.807, 2.05) is 18.2 Å². The van der Waals surface area contributed by atoms with Crippen molar-refractivity contribution in [1.82, 2.24) is 0 Å². The number of carbonyl (C=O) groups excluding carboxylic acids is 2. The summed E-state index contributed by atoms with van der Waals surface area (Å²) in [6.45, 7) is 2.25. The van der Waals surface area contributed by atoms with Crippen molar-refractivity contribution >= 4 is 11.8 Å². The van der Waals surface area contributed by atoms with Gasteiger partial charge in [-0.25, -0.2) is 0 Å². The number of hydrogen-bond donors (Lipinski definition) is 0. The molecule has 0 radical (unpaired) electrons. The Morgan fingerprint density at radius 2 is 1.15 bits per heavy atom. The molecule has 0 unspecified atom stereocenters. The van der Waals surface area contributed by atoms with Gasteiger partial charge in [0, 0.05) is 19.3 Å². The number of carbonyl (C=O) groups is 2. The van der Waals surface area contributed by atoms with E-state index in [2.05, 4.69) is 6.92 Å². The van der Waals surface area contributed by atoms with Gasteiger partial charge in [0.15, 0.2) is 0 Å². The SMILES string of the molecule is CCCCCCCCCCCC(=O)CCCCCC(=O)Oc1ccccc1. The van der Waals surface area contributed by atoms with Crippen LogP contribution in [-0.4, -0.2) is 11.8 Å². The molecule has 1 aromatic carbocycles. The molecule has 152 valence electrons. The first-order valence-electron chi connectivity index (χ1n) is 11.0. The predicted octanol–water partition coefficient (Wildman–Crippen LogP) is 7.03. The normalized spacial score (nSPS) is 10.7. The minimum Gasteiger partial charge on any atom is -0.427 e. The lowest BCUT2D eigenvalue weighted by Crippen LogP contribution is -2.07. The average molecular weight is 375 g/mol. The Bertz CT molecular complexity index is 496. The van der Waals surface area contributed by atoms with E-state index < -0.39 is 0 Å². The molecule has 0 saturated heterocycles. The van der Waals surface area contributed by atoms with Gasteiger partial charge in [-0.3, -0.25) is 9.59 Å². The molecule has 0 atom stereocenters. The quantitative estimate of drug-likeness (QED) is 0.167. The summed E-state index contributed by atoms with van der Waals surface area (Å²) in [5.74, 6) is 0.783. The molecule has 27 heavy (non-hydrogen) atoms. The lowest BCUT2D eigenvalue weighted by atomic mass is 10.0. The van der Waals surface area contributed by atoms with E-state index in [-0.39, 0.29) is 5.97 Å². The maximum absolute atomic E-state index is 11.9. The molecule has 0 amide bonds. The first kappa shape index (κ1) is 23.4. The third-order valence-electron chi connectivity index (χ3n) is 4.87. The highest BCUT2D eigenvalue weighted by Gasteiger charge is 2.06. The van der Waals surface area contributed by atoms with Crippen molar-refractivity contribution in [1.29, 1.82) is 0 Å². The maximum Gasteiger partial charge on any atom is 0.311 e. The highest BCUT2D eigenvalue weighted by Crippen LogP contribution is 2.13. The van der Waals surface area contributed by atoms with Gasteiger partial charge in [-0.1, -0.05) is 82.9 Å². The second-order valence-corrected chi connectivity index (χ2v) is 7.46. The van der Waals surface area contributed by atoms with Crippen LogP contribution in [0.3, 0.4) is 0 Å². The van der Waals surface area contributed by atoms with E-state index in [9.17, 15) is 9.59 Å². The van der Waals surface area contributed by atoms with Gasteiger partial charge in [-0.2, -0.15) is 0 Å². The number of rotatable bonds is 17. The van der Waals surface area contributed by atoms with E-state index in [1.165, 1.54) is 51.4 Å². The first-order valence-corrected chi connectivity index (χ1v) is 11.0. The van der Waals surface area contributed by atoms with Gasteiger partial charge in [0.25, 0.3) is 0 Å². The molecule has 0 bridgehead atoms. The van der Waals surface area contributed by atoms with Gasteiger partial charge in [-0.05, 0) is 31.4 Å². The molecule has 0 aliphatic rings. The van der Waals surface area contributed by atoms with Gasteiger partial charge in [-0.15, -0.1) is 0 Å². The minimum absolute atomic E-state index is 0.192. The zero-order chi connectivity index (χ0) is 19.6. The van der Waals surface area contributed by atoms with Crippen LogP contribution >= 0.6 is 0 Å². The van der Waals surface area contributed by atoms with Crippen LogP contribution in [0.1, 0.15) is 103 Å². The number of ketones is 1. The molecule has 0 N–H and O–H groups in total. The van der Waals surface area contributed by atoms with Gasteiger partial charge < -0.3 is 4.74 Å². The number of para-hydroxylation sites is 1. The van der Waals surface area contributed by atoms with E-state index in [0.717, 1.165) is 32.1 Å². The second kappa shape index (κ2) is 16.5. The zero-order valence-electron chi connectivity index (χ0n) is 17.2. The average Bonchev–Trinajstić information content (AvgIpc) is 2.67. The van der Waals surface area contributed by atoms with Crippen LogP contribution in [-0.2, 0) is 9.59 Å². The van der Waals surface area contributed by atoms with Gasteiger partial charge >= 0.3 is 5.97 Å². The third-order valence-corrected chi connectivity index (χ3v) is 4.87.